The van der Waals surface area contributed by atoms with E-state index >= 15 is 0 Å². The number of nitrogens with one attached hydrogen (secondary N) is 2. The predicted octanol–water partition coefficient (Wildman–Crippen LogP) is 2.34. The molecule has 1 aliphatic rings. The second-order valence-corrected chi connectivity index (χ2v) is 4.29. The van der Waals surface area contributed by atoms with Crippen molar-refractivity contribution in [1.29, 1.82) is 0 Å². The van der Waals surface area contributed by atoms with Crippen molar-refractivity contribution in [1.82, 2.24) is 9.97 Å². The Hall–Kier alpha value is -1.79. The number of hydrogen-bond donors (Lipinski definition) is 2. The van der Waals surface area contributed by atoms with Crippen molar-refractivity contribution >= 4 is 35.8 Å². The van der Waals surface area contributed by atoms with Crippen molar-refractivity contribution in [3.8, 4) is 0 Å². The Balaban J connectivity index is 1.75. The first-order valence-electron chi connectivity index (χ1n) is 5.52. The standard InChI is InChI=1S/C11H10BClN4O/c13-10-5-11(15-7-14-10)16-8-2-1-3-9(4-8)17-12-6-18-12/h1-5,7,17H,6H2,(H,14,15,16). The summed E-state index contributed by atoms with van der Waals surface area (Å²) in [6.07, 6.45) is 1.42. The van der Waals surface area contributed by atoms with E-state index in [4.69, 9.17) is 16.3 Å². The van der Waals surface area contributed by atoms with E-state index in [1.807, 2.05) is 24.3 Å². The molecule has 0 radical (unpaired) electrons. The first kappa shape index (κ1) is 11.3. The highest BCUT2D eigenvalue weighted by molar-refractivity contribution is 6.63. The van der Waals surface area contributed by atoms with Gasteiger partial charge in [0.2, 0.25) is 0 Å². The molecule has 2 N–H and O–H groups in total. The van der Waals surface area contributed by atoms with Crippen molar-refractivity contribution < 1.29 is 4.65 Å². The molecule has 0 bridgehead atoms. The summed E-state index contributed by atoms with van der Waals surface area (Å²) in [6.45, 7) is 0.763. The van der Waals surface area contributed by atoms with Crippen molar-refractivity contribution in [3.63, 3.8) is 0 Å². The normalized spacial score (nSPS) is 13.3. The Morgan fingerprint density at radius 2 is 2.06 bits per heavy atom. The lowest BCUT2D eigenvalue weighted by molar-refractivity contribution is 0.560. The molecule has 1 aromatic carbocycles. The number of hydrogen-bond acceptors (Lipinski definition) is 5. The number of nitrogens with zero attached hydrogens (tertiary/aromatic N) is 2. The number of anilines is 3. The van der Waals surface area contributed by atoms with Gasteiger partial charge in [-0.2, -0.15) is 0 Å². The Labute approximate surface area is 110 Å². The van der Waals surface area contributed by atoms with Gasteiger partial charge in [-0.15, -0.1) is 0 Å². The molecule has 1 fully saturated rings. The molecule has 0 spiro atoms. The maximum Gasteiger partial charge on any atom is 0.438 e. The predicted molar refractivity (Wildman–Crippen MR) is 72.1 cm³/mol. The Morgan fingerprint density at radius 3 is 2.83 bits per heavy atom. The molecule has 2 heterocycles. The molecule has 90 valence electrons. The molecule has 18 heavy (non-hydrogen) atoms. The highest BCUT2D eigenvalue weighted by Gasteiger charge is 2.30. The third kappa shape index (κ3) is 2.91. The summed E-state index contributed by atoms with van der Waals surface area (Å²) in [5, 5.41) is 6.81. The average Bonchev–Trinajstić information content (AvgIpc) is 3.13. The zero-order valence-electron chi connectivity index (χ0n) is 9.43. The van der Waals surface area contributed by atoms with Crippen LogP contribution in [0.5, 0.6) is 0 Å². The molecule has 3 rings (SSSR count). The van der Waals surface area contributed by atoms with Gasteiger partial charge in [-0.05, 0) is 18.2 Å². The van der Waals surface area contributed by atoms with Crippen LogP contribution >= 0.6 is 11.6 Å². The van der Waals surface area contributed by atoms with E-state index in [0.29, 0.717) is 11.0 Å². The largest absolute Gasteiger partial charge is 0.438 e. The van der Waals surface area contributed by atoms with Crippen molar-refractivity contribution in [2.45, 2.75) is 0 Å². The van der Waals surface area contributed by atoms with Gasteiger partial charge in [-0.25, -0.2) is 9.97 Å². The van der Waals surface area contributed by atoms with E-state index in [1.54, 1.807) is 6.07 Å². The highest BCUT2D eigenvalue weighted by atomic mass is 35.5. The summed E-state index contributed by atoms with van der Waals surface area (Å²) in [6, 6.07) is 9.55. The summed E-state index contributed by atoms with van der Waals surface area (Å²) >= 11 is 5.80. The first-order chi connectivity index (χ1) is 8.79. The van der Waals surface area contributed by atoms with Gasteiger partial charge >= 0.3 is 7.05 Å². The second kappa shape index (κ2) is 4.84. The van der Waals surface area contributed by atoms with Gasteiger partial charge in [0.1, 0.15) is 17.3 Å². The zero-order valence-corrected chi connectivity index (χ0v) is 10.2. The van der Waals surface area contributed by atoms with Crippen LogP contribution in [0.1, 0.15) is 0 Å². The molecule has 0 atom stereocenters. The van der Waals surface area contributed by atoms with E-state index in [9.17, 15) is 0 Å². The highest BCUT2D eigenvalue weighted by Crippen LogP contribution is 2.21. The summed E-state index contributed by atoms with van der Waals surface area (Å²) in [4.78, 5) is 7.92. The third-order valence-electron chi connectivity index (χ3n) is 2.43. The minimum atomic E-state index is 0.147. The fourth-order valence-electron chi connectivity index (χ4n) is 1.55. The molecule has 0 unspecified atom stereocenters. The number of aromatic nitrogens is 2. The molecule has 0 aliphatic carbocycles. The molecule has 1 saturated heterocycles. The van der Waals surface area contributed by atoms with E-state index < -0.39 is 0 Å². The van der Waals surface area contributed by atoms with Gasteiger partial charge in [0.15, 0.2) is 0 Å². The van der Waals surface area contributed by atoms with Crippen LogP contribution in [0.15, 0.2) is 36.7 Å². The van der Waals surface area contributed by atoms with Gasteiger partial charge in [0.25, 0.3) is 0 Å². The quantitative estimate of drug-likeness (QED) is 0.502. The average molecular weight is 260 g/mol. The maximum absolute atomic E-state index is 5.80. The van der Waals surface area contributed by atoms with Crippen molar-refractivity contribution in [3.05, 3.63) is 41.8 Å². The molecule has 0 saturated carbocycles. The molecule has 2 aromatic rings. The molecule has 7 heteroatoms. The fraction of sp³-hybridized carbons (Fsp3) is 0.0909. The Morgan fingerprint density at radius 1 is 1.22 bits per heavy atom. The van der Waals surface area contributed by atoms with E-state index in [2.05, 4.69) is 20.5 Å². The van der Waals surface area contributed by atoms with Gasteiger partial charge in [-0.3, -0.25) is 0 Å². The van der Waals surface area contributed by atoms with Crippen molar-refractivity contribution in [2.75, 3.05) is 17.1 Å². The summed E-state index contributed by atoms with van der Waals surface area (Å²) in [5.41, 5.74) is 1.93. The SMILES string of the molecule is Clc1cc(Nc2cccc(NB3CO3)c2)ncn1. The van der Waals surface area contributed by atoms with Crippen LogP contribution in [0.25, 0.3) is 0 Å². The fourth-order valence-corrected chi connectivity index (χ4v) is 1.70. The van der Waals surface area contributed by atoms with Crippen LogP contribution in [0.3, 0.4) is 0 Å². The van der Waals surface area contributed by atoms with Crippen LogP contribution in [0, 0.1) is 0 Å². The van der Waals surface area contributed by atoms with E-state index in [-0.39, 0.29) is 7.05 Å². The van der Waals surface area contributed by atoms with Gasteiger partial charge in [0, 0.05) is 17.4 Å². The summed E-state index contributed by atoms with van der Waals surface area (Å²) < 4.78 is 5.12. The number of benzene rings is 1. The maximum atomic E-state index is 5.80. The van der Waals surface area contributed by atoms with Gasteiger partial charge < -0.3 is 15.2 Å². The van der Waals surface area contributed by atoms with Crippen LogP contribution in [0.2, 0.25) is 5.15 Å². The molecular weight excluding hydrogens is 250 g/mol. The van der Waals surface area contributed by atoms with Crippen LogP contribution < -0.4 is 10.5 Å². The number of rotatable bonds is 4. The Bertz CT molecular complexity index is 564. The zero-order chi connectivity index (χ0) is 12.4. The molecule has 5 nitrogen and oxygen atoms in total. The monoisotopic (exact) mass is 260 g/mol. The van der Waals surface area contributed by atoms with E-state index in [1.165, 1.54) is 6.33 Å². The van der Waals surface area contributed by atoms with Gasteiger partial charge in [0.05, 0.1) is 6.51 Å². The number of halogens is 1. The minimum Gasteiger partial charge on any atom is -0.418 e. The smallest absolute Gasteiger partial charge is 0.418 e. The topological polar surface area (TPSA) is 62.4 Å². The molecule has 0 amide bonds. The molecular formula is C11H10BClN4O. The van der Waals surface area contributed by atoms with Crippen molar-refractivity contribution in [2.24, 2.45) is 0 Å². The lowest BCUT2D eigenvalue weighted by Gasteiger charge is -2.07. The van der Waals surface area contributed by atoms with Crippen LogP contribution in [-0.2, 0) is 4.65 Å². The Kier molecular flexibility index (Phi) is 3.04. The summed E-state index contributed by atoms with van der Waals surface area (Å²) in [7, 11) is 0.147. The lowest BCUT2D eigenvalue weighted by Crippen LogP contribution is -2.08. The van der Waals surface area contributed by atoms with Crippen LogP contribution in [0.4, 0.5) is 17.2 Å². The molecule has 1 aromatic heterocycles. The molecule has 1 aliphatic heterocycles. The van der Waals surface area contributed by atoms with Crippen LogP contribution in [-0.4, -0.2) is 23.5 Å². The minimum absolute atomic E-state index is 0.147. The summed E-state index contributed by atoms with van der Waals surface area (Å²) in [5.74, 6) is 0.662. The van der Waals surface area contributed by atoms with Gasteiger partial charge in [-0.1, -0.05) is 17.7 Å². The lowest BCUT2D eigenvalue weighted by atomic mass is 9.96. The first-order valence-corrected chi connectivity index (χ1v) is 5.90. The van der Waals surface area contributed by atoms with E-state index in [0.717, 1.165) is 17.9 Å². The second-order valence-electron chi connectivity index (χ2n) is 3.90. The third-order valence-corrected chi connectivity index (χ3v) is 2.64.